The van der Waals surface area contributed by atoms with Crippen LogP contribution in [0, 0.1) is 0 Å². The molecule has 1 saturated heterocycles. The number of amides is 2. The van der Waals surface area contributed by atoms with Crippen LogP contribution >= 0.6 is 0 Å². The largest absolute Gasteiger partial charge is 0.494 e. The molecule has 152 valence electrons. The maximum atomic E-state index is 12.5. The molecule has 2 aromatic rings. The van der Waals surface area contributed by atoms with Crippen LogP contribution in [0.5, 0.6) is 5.75 Å². The van der Waals surface area contributed by atoms with E-state index in [0.29, 0.717) is 43.3 Å². The Balaban J connectivity index is 1.93. The lowest BCUT2D eigenvalue weighted by Gasteiger charge is -2.33. The average molecular weight is 390 g/mol. The van der Waals surface area contributed by atoms with Gasteiger partial charge in [0.15, 0.2) is 0 Å². The summed E-state index contributed by atoms with van der Waals surface area (Å²) in [4.78, 5) is 27.4. The molecule has 2 amide bonds. The minimum absolute atomic E-state index is 0.0230. The lowest BCUT2D eigenvalue weighted by molar-refractivity contribution is -0.136. The van der Waals surface area contributed by atoms with Crippen molar-refractivity contribution in [2.24, 2.45) is 0 Å². The molecule has 0 atom stereocenters. The smallest absolute Gasteiger partial charge is 0.412 e. The van der Waals surface area contributed by atoms with Crippen molar-refractivity contribution in [2.45, 2.75) is 32.9 Å². The van der Waals surface area contributed by atoms with E-state index in [1.807, 2.05) is 20.8 Å². The third-order valence-corrected chi connectivity index (χ3v) is 4.62. The highest BCUT2D eigenvalue weighted by atomic mass is 16.5. The van der Waals surface area contributed by atoms with Gasteiger partial charge >= 0.3 is 6.09 Å². The monoisotopic (exact) mass is 390 g/mol. The first-order chi connectivity index (χ1) is 13.2. The van der Waals surface area contributed by atoms with Crippen molar-refractivity contribution in [3.05, 3.63) is 18.3 Å². The van der Waals surface area contributed by atoms with Gasteiger partial charge in [0.25, 0.3) is 0 Å². The van der Waals surface area contributed by atoms with Gasteiger partial charge in [0.1, 0.15) is 12.3 Å². The number of morpholine rings is 1. The van der Waals surface area contributed by atoms with Crippen LogP contribution in [0.15, 0.2) is 18.3 Å². The van der Waals surface area contributed by atoms with Crippen molar-refractivity contribution < 1.29 is 24.2 Å². The molecule has 0 spiro atoms. The number of carbonyl (C=O) groups excluding carboxylic acids is 1. The summed E-state index contributed by atoms with van der Waals surface area (Å²) >= 11 is 0. The Morgan fingerprint density at radius 2 is 1.96 bits per heavy atom. The molecule has 1 N–H and O–H groups in total. The van der Waals surface area contributed by atoms with Crippen molar-refractivity contribution in [2.75, 3.05) is 38.3 Å². The number of anilines is 1. The van der Waals surface area contributed by atoms with Gasteiger partial charge < -0.3 is 19.5 Å². The molecule has 0 radical (unpaired) electrons. The molecule has 28 heavy (non-hydrogen) atoms. The molecule has 9 heteroatoms. The fourth-order valence-electron chi connectivity index (χ4n) is 3.31. The number of carboxylic acid groups (broad SMARTS) is 1. The summed E-state index contributed by atoms with van der Waals surface area (Å²) in [6.07, 6.45) is 0.680. The number of carbonyl (C=O) groups is 2. The topological polar surface area (TPSA) is 97.1 Å². The Kier molecular flexibility index (Phi) is 5.46. The number of fused-ring (bicyclic) bond motifs is 1. The maximum absolute atomic E-state index is 12.5. The van der Waals surface area contributed by atoms with E-state index in [4.69, 9.17) is 9.47 Å². The second-order valence-corrected chi connectivity index (χ2v) is 7.69. The number of hydrogen-bond acceptors (Lipinski definition) is 5. The number of rotatable bonds is 4. The number of benzene rings is 1. The molecule has 0 unspecified atom stereocenters. The standard InChI is InChI=1S/C19H26N4O5/c1-19(2,3)23(18(25)26)15-9-13-11-22(20-14(13)10-16(15)27-4)12-17(24)21-5-7-28-8-6-21/h9-11H,5-8,12H2,1-4H3,(H,25,26). The highest BCUT2D eigenvalue weighted by molar-refractivity contribution is 5.95. The summed E-state index contributed by atoms with van der Waals surface area (Å²) in [5.74, 6) is 0.389. The van der Waals surface area contributed by atoms with Gasteiger partial charge in [-0.25, -0.2) is 4.79 Å². The van der Waals surface area contributed by atoms with Crippen molar-refractivity contribution in [1.82, 2.24) is 14.7 Å². The predicted molar refractivity (Wildman–Crippen MR) is 104 cm³/mol. The minimum atomic E-state index is -1.07. The van der Waals surface area contributed by atoms with Crippen LogP contribution in [-0.4, -0.2) is 70.7 Å². The van der Waals surface area contributed by atoms with Gasteiger partial charge in [-0.1, -0.05) is 0 Å². The van der Waals surface area contributed by atoms with Crippen LogP contribution in [0.3, 0.4) is 0 Å². The summed E-state index contributed by atoms with van der Waals surface area (Å²) in [5, 5.41) is 14.9. The first kappa shape index (κ1) is 19.9. The molecule has 1 aliphatic heterocycles. The molecule has 0 bridgehead atoms. The molecular formula is C19H26N4O5. The number of ether oxygens (including phenoxy) is 2. The Morgan fingerprint density at radius 3 is 2.54 bits per heavy atom. The van der Waals surface area contributed by atoms with Crippen LogP contribution in [0.4, 0.5) is 10.5 Å². The second kappa shape index (κ2) is 7.67. The van der Waals surface area contributed by atoms with E-state index in [2.05, 4.69) is 5.10 Å². The molecule has 0 saturated carbocycles. The predicted octanol–water partition coefficient (Wildman–Crippen LogP) is 2.19. The molecule has 1 aliphatic rings. The van der Waals surface area contributed by atoms with Crippen molar-refractivity contribution >= 4 is 28.6 Å². The van der Waals surface area contributed by atoms with Gasteiger partial charge in [-0.2, -0.15) is 5.10 Å². The molecule has 3 rings (SSSR count). The lowest BCUT2D eigenvalue weighted by atomic mass is 10.0. The van der Waals surface area contributed by atoms with Gasteiger partial charge in [0, 0.05) is 36.3 Å². The molecule has 1 aromatic heterocycles. The zero-order chi connectivity index (χ0) is 20.5. The number of methoxy groups -OCH3 is 1. The highest BCUT2D eigenvalue weighted by Gasteiger charge is 2.31. The maximum Gasteiger partial charge on any atom is 0.412 e. The van der Waals surface area contributed by atoms with Gasteiger partial charge in [-0.15, -0.1) is 0 Å². The average Bonchev–Trinajstić information content (AvgIpc) is 3.01. The molecule has 0 aliphatic carbocycles. The van der Waals surface area contributed by atoms with E-state index < -0.39 is 11.6 Å². The van der Waals surface area contributed by atoms with Crippen LogP contribution in [0.25, 0.3) is 10.9 Å². The van der Waals surface area contributed by atoms with E-state index in [1.165, 1.54) is 12.0 Å². The Bertz CT molecular complexity index is 880. The lowest BCUT2D eigenvalue weighted by Crippen LogP contribution is -2.45. The Hall–Kier alpha value is -2.81. The van der Waals surface area contributed by atoms with Crippen molar-refractivity contribution in [1.29, 1.82) is 0 Å². The van der Waals surface area contributed by atoms with Crippen molar-refractivity contribution in [3.63, 3.8) is 0 Å². The zero-order valence-electron chi connectivity index (χ0n) is 16.6. The van der Waals surface area contributed by atoms with Crippen molar-refractivity contribution in [3.8, 4) is 5.75 Å². The second-order valence-electron chi connectivity index (χ2n) is 7.69. The number of nitrogens with zero attached hydrogens (tertiary/aromatic N) is 4. The SMILES string of the molecule is COc1cc2nn(CC(=O)N3CCOCC3)cc2cc1N(C(=O)O)C(C)(C)C. The van der Waals surface area contributed by atoms with E-state index in [1.54, 1.807) is 27.9 Å². The Morgan fingerprint density at radius 1 is 1.29 bits per heavy atom. The van der Waals surface area contributed by atoms with Crippen LogP contribution in [-0.2, 0) is 16.1 Å². The van der Waals surface area contributed by atoms with Crippen LogP contribution in [0.1, 0.15) is 20.8 Å². The van der Waals surface area contributed by atoms with Gasteiger partial charge in [0.2, 0.25) is 5.91 Å². The van der Waals surface area contributed by atoms with Gasteiger partial charge in [-0.3, -0.25) is 14.4 Å². The van der Waals surface area contributed by atoms with E-state index in [0.717, 1.165) is 5.39 Å². The third-order valence-electron chi connectivity index (χ3n) is 4.62. The first-order valence-electron chi connectivity index (χ1n) is 9.14. The van der Waals surface area contributed by atoms with Crippen LogP contribution in [0.2, 0.25) is 0 Å². The summed E-state index contributed by atoms with van der Waals surface area (Å²) in [7, 11) is 1.49. The summed E-state index contributed by atoms with van der Waals surface area (Å²) in [6, 6.07) is 3.43. The van der Waals surface area contributed by atoms with Crippen LogP contribution < -0.4 is 9.64 Å². The first-order valence-corrected chi connectivity index (χ1v) is 9.14. The molecule has 1 aromatic carbocycles. The normalized spacial score (nSPS) is 14.9. The Labute approximate surface area is 163 Å². The number of aromatic nitrogens is 2. The fraction of sp³-hybridized carbons (Fsp3) is 0.526. The zero-order valence-corrected chi connectivity index (χ0v) is 16.6. The minimum Gasteiger partial charge on any atom is -0.494 e. The number of hydrogen-bond donors (Lipinski definition) is 1. The van der Waals surface area contributed by atoms with Gasteiger partial charge in [0.05, 0.1) is 31.5 Å². The summed E-state index contributed by atoms with van der Waals surface area (Å²) in [6.45, 7) is 7.82. The molecule has 9 nitrogen and oxygen atoms in total. The molecule has 1 fully saturated rings. The molecular weight excluding hydrogens is 364 g/mol. The molecule has 2 heterocycles. The van der Waals surface area contributed by atoms with E-state index in [-0.39, 0.29) is 12.5 Å². The summed E-state index contributed by atoms with van der Waals surface area (Å²) < 4.78 is 12.3. The fourth-order valence-corrected chi connectivity index (χ4v) is 3.31. The summed E-state index contributed by atoms with van der Waals surface area (Å²) in [5.41, 5.74) is 0.415. The highest BCUT2D eigenvalue weighted by Crippen LogP contribution is 2.36. The third kappa shape index (κ3) is 4.04. The van der Waals surface area contributed by atoms with E-state index >= 15 is 0 Å². The quantitative estimate of drug-likeness (QED) is 0.860. The van der Waals surface area contributed by atoms with Gasteiger partial charge in [-0.05, 0) is 26.8 Å². The van der Waals surface area contributed by atoms with E-state index in [9.17, 15) is 14.7 Å².